The molecule has 0 fully saturated rings. The molecule has 1 aromatic carbocycles. The van der Waals surface area contributed by atoms with E-state index in [1.165, 1.54) is 12.3 Å². The first-order valence-corrected chi connectivity index (χ1v) is 6.49. The van der Waals surface area contributed by atoms with E-state index in [2.05, 4.69) is 15.3 Å². The number of methoxy groups -OCH3 is 2. The zero-order valence-corrected chi connectivity index (χ0v) is 12.3. The van der Waals surface area contributed by atoms with Crippen LogP contribution in [0.4, 0.5) is 5.95 Å². The van der Waals surface area contributed by atoms with Crippen molar-refractivity contribution in [3.05, 3.63) is 41.2 Å². The van der Waals surface area contributed by atoms with Crippen LogP contribution in [0.15, 0.2) is 30.5 Å². The maximum absolute atomic E-state index is 11.9. The normalized spacial score (nSPS) is 10.0. The molecular weight excluding hydrogens is 294 g/mol. The van der Waals surface area contributed by atoms with E-state index < -0.39 is 0 Å². The first-order chi connectivity index (χ1) is 10.1. The molecule has 0 atom stereocenters. The maximum Gasteiger partial charge on any atom is 0.231 e. The van der Waals surface area contributed by atoms with Crippen LogP contribution in [0.1, 0.15) is 5.56 Å². The number of halogens is 1. The molecule has 0 saturated heterocycles. The van der Waals surface area contributed by atoms with Crippen molar-refractivity contribution in [3.8, 4) is 11.5 Å². The topological polar surface area (TPSA) is 73.3 Å². The molecule has 1 heterocycles. The lowest BCUT2D eigenvalue weighted by molar-refractivity contribution is -0.115. The summed E-state index contributed by atoms with van der Waals surface area (Å²) in [5.74, 6) is 1.11. The summed E-state index contributed by atoms with van der Waals surface area (Å²) in [4.78, 5) is 19.7. The SMILES string of the molecule is COc1ccc(CC(=O)Nc2nccc(Cl)n2)cc1OC. The van der Waals surface area contributed by atoms with Gasteiger partial charge in [0, 0.05) is 6.20 Å². The Balaban J connectivity index is 2.06. The van der Waals surface area contributed by atoms with Crippen molar-refractivity contribution in [2.24, 2.45) is 0 Å². The van der Waals surface area contributed by atoms with Crippen molar-refractivity contribution in [2.75, 3.05) is 19.5 Å². The largest absolute Gasteiger partial charge is 0.493 e. The Kier molecular flexibility index (Phi) is 4.94. The Hall–Kier alpha value is -2.34. The summed E-state index contributed by atoms with van der Waals surface area (Å²) >= 11 is 5.73. The zero-order chi connectivity index (χ0) is 15.2. The van der Waals surface area contributed by atoms with Gasteiger partial charge >= 0.3 is 0 Å². The lowest BCUT2D eigenvalue weighted by Gasteiger charge is -2.09. The maximum atomic E-state index is 11.9. The van der Waals surface area contributed by atoms with Gasteiger partial charge in [-0.05, 0) is 23.8 Å². The zero-order valence-electron chi connectivity index (χ0n) is 11.6. The number of nitrogens with zero attached hydrogens (tertiary/aromatic N) is 2. The highest BCUT2D eigenvalue weighted by atomic mass is 35.5. The van der Waals surface area contributed by atoms with Gasteiger partial charge in [0.1, 0.15) is 5.15 Å². The number of amides is 1. The Morgan fingerprint density at radius 2 is 2.00 bits per heavy atom. The average Bonchev–Trinajstić information content (AvgIpc) is 2.47. The lowest BCUT2D eigenvalue weighted by atomic mass is 10.1. The number of carbonyl (C=O) groups is 1. The fraction of sp³-hybridized carbons (Fsp3) is 0.214. The van der Waals surface area contributed by atoms with Gasteiger partial charge in [-0.25, -0.2) is 9.97 Å². The summed E-state index contributed by atoms with van der Waals surface area (Å²) in [6, 6.07) is 6.82. The highest BCUT2D eigenvalue weighted by molar-refractivity contribution is 6.29. The molecule has 21 heavy (non-hydrogen) atoms. The predicted octanol–water partition coefficient (Wildman–Crippen LogP) is 2.33. The minimum Gasteiger partial charge on any atom is -0.493 e. The number of hydrogen-bond acceptors (Lipinski definition) is 5. The molecular formula is C14H14ClN3O3. The minimum absolute atomic E-state index is 0.163. The van der Waals surface area contributed by atoms with E-state index in [9.17, 15) is 4.79 Å². The summed E-state index contributed by atoms with van der Waals surface area (Å²) in [7, 11) is 3.10. The molecule has 0 aliphatic carbocycles. The van der Waals surface area contributed by atoms with E-state index in [0.717, 1.165) is 5.56 Å². The van der Waals surface area contributed by atoms with Gasteiger partial charge < -0.3 is 9.47 Å². The van der Waals surface area contributed by atoms with E-state index in [-0.39, 0.29) is 23.4 Å². The third-order valence-corrected chi connectivity index (χ3v) is 2.90. The van der Waals surface area contributed by atoms with E-state index in [0.29, 0.717) is 11.5 Å². The molecule has 2 rings (SSSR count). The minimum atomic E-state index is -0.246. The number of anilines is 1. The van der Waals surface area contributed by atoms with Crippen LogP contribution in [-0.4, -0.2) is 30.1 Å². The quantitative estimate of drug-likeness (QED) is 0.858. The number of ether oxygens (including phenoxy) is 2. The number of rotatable bonds is 5. The van der Waals surface area contributed by atoms with Crippen molar-refractivity contribution in [1.82, 2.24) is 9.97 Å². The molecule has 7 heteroatoms. The Labute approximate surface area is 127 Å². The van der Waals surface area contributed by atoms with Crippen LogP contribution in [0.25, 0.3) is 0 Å². The van der Waals surface area contributed by atoms with Crippen LogP contribution in [0, 0.1) is 0 Å². The molecule has 110 valence electrons. The lowest BCUT2D eigenvalue weighted by Crippen LogP contribution is -2.16. The molecule has 6 nitrogen and oxygen atoms in total. The van der Waals surface area contributed by atoms with Gasteiger partial charge in [-0.3, -0.25) is 10.1 Å². The highest BCUT2D eigenvalue weighted by Crippen LogP contribution is 2.27. The van der Waals surface area contributed by atoms with Crippen molar-refractivity contribution in [1.29, 1.82) is 0 Å². The molecule has 0 spiro atoms. The van der Waals surface area contributed by atoms with Gasteiger partial charge in [-0.15, -0.1) is 0 Å². The molecule has 1 amide bonds. The number of nitrogens with one attached hydrogen (secondary N) is 1. The molecule has 0 bridgehead atoms. The summed E-state index contributed by atoms with van der Waals surface area (Å²) in [6.45, 7) is 0. The molecule has 0 aliphatic heterocycles. The highest BCUT2D eigenvalue weighted by Gasteiger charge is 2.09. The average molecular weight is 308 g/mol. The van der Waals surface area contributed by atoms with E-state index in [1.807, 2.05) is 0 Å². The van der Waals surface area contributed by atoms with E-state index in [4.69, 9.17) is 21.1 Å². The van der Waals surface area contributed by atoms with Crippen molar-refractivity contribution >= 4 is 23.5 Å². The second kappa shape index (κ2) is 6.90. The third-order valence-electron chi connectivity index (χ3n) is 2.69. The smallest absolute Gasteiger partial charge is 0.231 e. The van der Waals surface area contributed by atoms with Crippen LogP contribution in [0.5, 0.6) is 11.5 Å². The monoisotopic (exact) mass is 307 g/mol. The number of aromatic nitrogens is 2. The Morgan fingerprint density at radius 3 is 2.67 bits per heavy atom. The molecule has 0 radical (unpaired) electrons. The second-order valence-corrected chi connectivity index (χ2v) is 4.50. The standard InChI is InChI=1S/C14H14ClN3O3/c1-20-10-4-3-9(7-11(10)21-2)8-13(19)18-14-16-6-5-12(15)17-14/h3-7H,8H2,1-2H3,(H,16,17,18,19). The predicted molar refractivity (Wildman–Crippen MR) is 78.9 cm³/mol. The van der Waals surface area contributed by atoms with Crippen LogP contribution in [0.2, 0.25) is 5.15 Å². The summed E-state index contributed by atoms with van der Waals surface area (Å²) < 4.78 is 10.3. The van der Waals surface area contributed by atoms with Crippen molar-refractivity contribution in [2.45, 2.75) is 6.42 Å². The van der Waals surface area contributed by atoms with Crippen LogP contribution in [0.3, 0.4) is 0 Å². The summed E-state index contributed by atoms with van der Waals surface area (Å²) in [6.07, 6.45) is 1.64. The molecule has 0 aliphatic rings. The Bertz CT molecular complexity index is 649. The van der Waals surface area contributed by atoms with Crippen LogP contribution in [-0.2, 0) is 11.2 Å². The van der Waals surface area contributed by atoms with Crippen molar-refractivity contribution < 1.29 is 14.3 Å². The van der Waals surface area contributed by atoms with Crippen LogP contribution >= 0.6 is 11.6 Å². The van der Waals surface area contributed by atoms with Gasteiger partial charge in [0.15, 0.2) is 11.5 Å². The molecule has 1 N–H and O–H groups in total. The van der Waals surface area contributed by atoms with E-state index >= 15 is 0 Å². The summed E-state index contributed by atoms with van der Waals surface area (Å²) in [5.41, 5.74) is 0.784. The van der Waals surface area contributed by atoms with E-state index in [1.54, 1.807) is 32.4 Å². The van der Waals surface area contributed by atoms with Crippen LogP contribution < -0.4 is 14.8 Å². The number of benzene rings is 1. The summed E-state index contributed by atoms with van der Waals surface area (Å²) in [5, 5.41) is 2.85. The molecule has 2 aromatic rings. The molecule has 0 saturated carbocycles. The third kappa shape index (κ3) is 4.06. The molecule has 0 unspecified atom stereocenters. The Morgan fingerprint density at radius 1 is 1.24 bits per heavy atom. The fourth-order valence-corrected chi connectivity index (χ4v) is 1.88. The second-order valence-electron chi connectivity index (χ2n) is 4.12. The van der Waals surface area contributed by atoms with Gasteiger partial charge in [0.05, 0.1) is 20.6 Å². The fourth-order valence-electron chi connectivity index (χ4n) is 1.74. The van der Waals surface area contributed by atoms with Gasteiger partial charge in [-0.2, -0.15) is 0 Å². The van der Waals surface area contributed by atoms with Gasteiger partial charge in [0.2, 0.25) is 11.9 Å². The molecule has 1 aromatic heterocycles. The first-order valence-electron chi connectivity index (χ1n) is 6.11. The van der Waals surface area contributed by atoms with Gasteiger partial charge in [0.25, 0.3) is 0 Å². The van der Waals surface area contributed by atoms with Gasteiger partial charge in [-0.1, -0.05) is 17.7 Å². The van der Waals surface area contributed by atoms with Crippen molar-refractivity contribution in [3.63, 3.8) is 0 Å². The number of hydrogen-bond donors (Lipinski definition) is 1. The first kappa shape index (κ1) is 15.1. The number of carbonyl (C=O) groups excluding carboxylic acids is 1.